The molecule has 14 nitrogen and oxygen atoms in total. The van der Waals surface area contributed by atoms with Crippen LogP contribution in [-0.2, 0) is 18.9 Å². The Bertz CT molecular complexity index is 1400. The number of rotatable bonds is 10. The fraction of sp³-hybridized carbons (Fsp3) is 0.952. The molecule has 17 unspecified atom stereocenters. The molecule has 6 aliphatic rings. The SMILES string of the molecule is CC(C)=CCC[C@](C)(OC1OC(CO)C(O)C(O)C1O)C1CC[C@]2(C)C1C(O)CC1[C@@]3(C)CCC(O)C(C)(C)C3C(OC3OC(CO)C(O)C(O)C3O)C[C@]12C. The van der Waals surface area contributed by atoms with Crippen LogP contribution in [0, 0.1) is 45.3 Å². The van der Waals surface area contributed by atoms with Crippen molar-refractivity contribution in [3.8, 4) is 0 Å². The predicted molar refractivity (Wildman–Crippen MR) is 202 cm³/mol. The third kappa shape index (κ3) is 7.06. The largest absolute Gasteiger partial charge is 0.394 e. The van der Waals surface area contributed by atoms with Crippen LogP contribution in [0.4, 0.5) is 0 Å². The molecule has 0 amide bonds. The minimum atomic E-state index is -1.61. The van der Waals surface area contributed by atoms with Gasteiger partial charge in [-0.1, -0.05) is 46.3 Å². The molecule has 0 aromatic heterocycles. The second-order valence-corrected chi connectivity index (χ2v) is 20.2. The molecule has 324 valence electrons. The zero-order chi connectivity index (χ0) is 41.5. The number of allylic oxidation sites excluding steroid dienone is 2. The van der Waals surface area contributed by atoms with Crippen molar-refractivity contribution in [3.63, 3.8) is 0 Å². The van der Waals surface area contributed by atoms with Crippen LogP contribution in [0.1, 0.15) is 107 Å². The van der Waals surface area contributed by atoms with Crippen molar-refractivity contribution in [1.29, 1.82) is 0 Å². The van der Waals surface area contributed by atoms with E-state index in [1.807, 2.05) is 34.6 Å². The lowest BCUT2D eigenvalue weighted by atomic mass is 9.34. The van der Waals surface area contributed by atoms with Crippen molar-refractivity contribution in [3.05, 3.63) is 11.6 Å². The van der Waals surface area contributed by atoms with Gasteiger partial charge in [-0.15, -0.1) is 0 Å². The molecule has 2 heterocycles. The van der Waals surface area contributed by atoms with E-state index in [4.69, 9.17) is 18.9 Å². The van der Waals surface area contributed by atoms with Crippen LogP contribution in [-0.4, -0.2) is 150 Å². The van der Waals surface area contributed by atoms with Gasteiger partial charge in [0.1, 0.15) is 48.8 Å². The van der Waals surface area contributed by atoms with Gasteiger partial charge in [0.25, 0.3) is 0 Å². The average Bonchev–Trinajstić information content (AvgIpc) is 3.52. The van der Waals surface area contributed by atoms with E-state index in [-0.39, 0.29) is 23.7 Å². The molecule has 2 aliphatic heterocycles. The second-order valence-electron chi connectivity index (χ2n) is 20.2. The van der Waals surface area contributed by atoms with E-state index in [1.54, 1.807) is 0 Å². The monoisotopic (exact) mass is 800 g/mol. The first-order valence-corrected chi connectivity index (χ1v) is 21.0. The Morgan fingerprint density at radius 3 is 1.89 bits per heavy atom. The van der Waals surface area contributed by atoms with Crippen molar-refractivity contribution in [1.82, 2.24) is 0 Å². The van der Waals surface area contributed by atoms with E-state index < -0.39 is 120 Å². The molecule has 4 saturated carbocycles. The summed E-state index contributed by atoms with van der Waals surface area (Å²) < 4.78 is 25.4. The minimum Gasteiger partial charge on any atom is -0.394 e. The van der Waals surface area contributed by atoms with Gasteiger partial charge in [-0.3, -0.25) is 0 Å². The van der Waals surface area contributed by atoms with E-state index in [0.717, 1.165) is 12.0 Å². The van der Waals surface area contributed by atoms with Crippen LogP contribution >= 0.6 is 0 Å². The number of hydrogen-bond donors (Lipinski definition) is 10. The maximum atomic E-state index is 12.6. The van der Waals surface area contributed by atoms with Gasteiger partial charge in [-0.25, -0.2) is 0 Å². The first-order valence-electron chi connectivity index (χ1n) is 21.0. The van der Waals surface area contributed by atoms with Gasteiger partial charge in [-0.05, 0) is 117 Å². The van der Waals surface area contributed by atoms with E-state index in [1.165, 1.54) is 0 Å². The predicted octanol–water partition coefficient (Wildman–Crippen LogP) is 1.12. The van der Waals surface area contributed by atoms with Crippen LogP contribution in [0.2, 0.25) is 0 Å². The zero-order valence-electron chi connectivity index (χ0n) is 34.6. The first kappa shape index (κ1) is 44.7. The summed E-state index contributed by atoms with van der Waals surface area (Å²) in [5, 5.41) is 109. The normalized spacial score (nSPS) is 52.6. The van der Waals surface area contributed by atoms with Gasteiger partial charge in [0.2, 0.25) is 0 Å². The zero-order valence-corrected chi connectivity index (χ0v) is 34.6. The lowest BCUT2D eigenvalue weighted by molar-refractivity contribution is -0.349. The first-order chi connectivity index (χ1) is 26.0. The Labute approximate surface area is 331 Å². The van der Waals surface area contributed by atoms with Gasteiger partial charge >= 0.3 is 0 Å². The lowest BCUT2D eigenvalue weighted by Gasteiger charge is -2.72. The van der Waals surface area contributed by atoms with E-state index in [9.17, 15) is 51.1 Å². The van der Waals surface area contributed by atoms with Crippen LogP contribution in [0.25, 0.3) is 0 Å². The highest BCUT2D eigenvalue weighted by Gasteiger charge is 2.74. The number of aliphatic hydroxyl groups excluding tert-OH is 10. The van der Waals surface area contributed by atoms with Gasteiger partial charge in [0, 0.05) is 0 Å². The molecule has 0 aromatic rings. The summed E-state index contributed by atoms with van der Waals surface area (Å²) in [6.07, 6.45) is -9.52. The van der Waals surface area contributed by atoms with Crippen molar-refractivity contribution in [2.24, 2.45) is 45.3 Å². The molecule has 2 saturated heterocycles. The number of aliphatic hydroxyl groups is 10. The summed E-state index contributed by atoms with van der Waals surface area (Å²) in [5.74, 6) is -0.781. The summed E-state index contributed by atoms with van der Waals surface area (Å²) in [5.41, 5.74) is -1.92. The summed E-state index contributed by atoms with van der Waals surface area (Å²) >= 11 is 0. The van der Waals surface area contributed by atoms with Gasteiger partial charge in [-0.2, -0.15) is 0 Å². The Morgan fingerprint density at radius 2 is 1.32 bits per heavy atom. The molecular weight excluding hydrogens is 728 g/mol. The highest BCUT2D eigenvalue weighted by molar-refractivity contribution is 5.22. The van der Waals surface area contributed by atoms with Crippen molar-refractivity contribution in [2.45, 2.75) is 192 Å². The van der Waals surface area contributed by atoms with Crippen LogP contribution in [0.15, 0.2) is 11.6 Å². The maximum Gasteiger partial charge on any atom is 0.187 e. The van der Waals surface area contributed by atoms with Crippen molar-refractivity contribution in [2.75, 3.05) is 13.2 Å². The summed E-state index contributed by atoms with van der Waals surface area (Å²) in [4.78, 5) is 0. The summed E-state index contributed by atoms with van der Waals surface area (Å²) in [6.45, 7) is 15.7. The maximum absolute atomic E-state index is 12.6. The number of fused-ring (bicyclic) bond motifs is 5. The van der Waals surface area contributed by atoms with Gasteiger partial charge in [0.05, 0.1) is 37.1 Å². The molecule has 0 radical (unpaired) electrons. The van der Waals surface area contributed by atoms with Gasteiger partial charge < -0.3 is 70.0 Å². The topological polar surface area (TPSA) is 239 Å². The molecule has 0 bridgehead atoms. The Hall–Kier alpha value is -0.820. The smallest absolute Gasteiger partial charge is 0.187 e. The Morgan fingerprint density at radius 1 is 0.750 bits per heavy atom. The third-order valence-electron chi connectivity index (χ3n) is 16.6. The molecule has 6 fully saturated rings. The quantitative estimate of drug-likeness (QED) is 0.110. The molecule has 6 rings (SSSR count). The molecular formula is C42H72O14. The van der Waals surface area contributed by atoms with Crippen LogP contribution < -0.4 is 0 Å². The third-order valence-corrected chi connectivity index (χ3v) is 16.6. The molecule has 56 heavy (non-hydrogen) atoms. The van der Waals surface area contributed by atoms with Gasteiger partial charge in [0.15, 0.2) is 12.6 Å². The Kier molecular flexibility index (Phi) is 12.7. The Balaban J connectivity index is 1.39. The highest BCUT2D eigenvalue weighted by Crippen LogP contribution is 2.76. The summed E-state index contributed by atoms with van der Waals surface area (Å²) in [6, 6.07) is 0. The van der Waals surface area contributed by atoms with E-state index >= 15 is 0 Å². The molecule has 10 N–H and O–H groups in total. The van der Waals surface area contributed by atoms with Crippen molar-refractivity contribution < 1.29 is 70.0 Å². The average molecular weight is 801 g/mol. The van der Waals surface area contributed by atoms with Crippen LogP contribution in [0.5, 0.6) is 0 Å². The molecule has 0 spiro atoms. The summed E-state index contributed by atoms with van der Waals surface area (Å²) in [7, 11) is 0. The number of hydrogen-bond acceptors (Lipinski definition) is 14. The number of ether oxygens (including phenoxy) is 4. The molecule has 4 aliphatic carbocycles. The van der Waals surface area contributed by atoms with Crippen LogP contribution in [0.3, 0.4) is 0 Å². The van der Waals surface area contributed by atoms with E-state index in [0.29, 0.717) is 44.9 Å². The highest BCUT2D eigenvalue weighted by atomic mass is 16.7. The molecule has 0 aromatic carbocycles. The fourth-order valence-corrected chi connectivity index (χ4v) is 13.5. The second kappa shape index (κ2) is 15.9. The molecule has 21 atom stereocenters. The van der Waals surface area contributed by atoms with Crippen molar-refractivity contribution >= 4 is 0 Å². The van der Waals surface area contributed by atoms with E-state index in [2.05, 4.69) is 26.8 Å². The fourth-order valence-electron chi connectivity index (χ4n) is 13.5. The standard InChI is InChI=1S/C42H72O14/c1-20(2)10-9-13-42(8,56-37-34(52)32(50)30(48)25(19-44)55-37)21-11-15-40(6)28(21)22(45)16-26-39(5)14-12-27(46)38(3,4)35(39)23(17-41(26,40)7)53-36-33(51)31(49)29(47)24(18-43)54-36/h10,21-37,43-52H,9,11-19H2,1-8H3/t21?,22?,23?,24?,25?,26?,27?,28?,29?,30?,31?,32?,33?,34?,35?,36?,37?,39-,40-,41-,42+/m1/s1. The lowest BCUT2D eigenvalue weighted by Crippen LogP contribution is -2.71. The minimum absolute atomic E-state index is 0.000258. The molecule has 14 heteroatoms.